The summed E-state index contributed by atoms with van der Waals surface area (Å²) in [5.74, 6) is 3.39. The minimum Gasteiger partial charge on any atom is -0.495 e. The first-order valence-corrected chi connectivity index (χ1v) is 11.8. The molecule has 1 aromatic carbocycles. The fourth-order valence-electron chi connectivity index (χ4n) is 4.59. The molecular formula is C26H30N6O3. The summed E-state index contributed by atoms with van der Waals surface area (Å²) < 4.78 is 17.0. The molecule has 0 spiro atoms. The van der Waals surface area contributed by atoms with Gasteiger partial charge in [0.05, 0.1) is 24.6 Å². The number of methoxy groups -OCH3 is 2. The van der Waals surface area contributed by atoms with Crippen molar-refractivity contribution < 1.29 is 13.9 Å². The monoisotopic (exact) mass is 474 g/mol. The molecule has 1 N–H and O–H groups in total. The summed E-state index contributed by atoms with van der Waals surface area (Å²) in [6.45, 7) is 7.53. The quantitative estimate of drug-likeness (QED) is 0.415. The molecule has 0 saturated carbocycles. The normalized spacial score (nSPS) is 14.5. The maximum absolute atomic E-state index is 5.77. The van der Waals surface area contributed by atoms with Gasteiger partial charge in [-0.2, -0.15) is 0 Å². The molecule has 0 unspecified atom stereocenters. The number of hydrogen-bond donors (Lipinski definition) is 1. The van der Waals surface area contributed by atoms with Crippen molar-refractivity contribution in [2.24, 2.45) is 0 Å². The van der Waals surface area contributed by atoms with Crippen LogP contribution < -0.4 is 15.0 Å². The number of oxazole rings is 1. The number of hydrogen-bond acceptors (Lipinski definition) is 9. The highest BCUT2D eigenvalue weighted by molar-refractivity contribution is 5.89. The van der Waals surface area contributed by atoms with Crippen LogP contribution in [0.4, 0.5) is 17.5 Å². The molecule has 182 valence electrons. The second-order valence-electron chi connectivity index (χ2n) is 8.83. The van der Waals surface area contributed by atoms with Gasteiger partial charge in [0.15, 0.2) is 17.5 Å². The summed E-state index contributed by atoms with van der Waals surface area (Å²) in [5.41, 5.74) is 4.26. The molecule has 9 heteroatoms. The Balaban J connectivity index is 1.46. The van der Waals surface area contributed by atoms with Gasteiger partial charge in [-0.05, 0) is 51.0 Å². The van der Waals surface area contributed by atoms with E-state index in [0.717, 1.165) is 71.1 Å². The van der Waals surface area contributed by atoms with Crippen LogP contribution in [0.2, 0.25) is 0 Å². The van der Waals surface area contributed by atoms with Gasteiger partial charge in [-0.1, -0.05) is 0 Å². The average Bonchev–Trinajstić information content (AvgIpc) is 3.21. The summed E-state index contributed by atoms with van der Waals surface area (Å²) >= 11 is 0. The number of fused-ring (bicyclic) bond motifs is 1. The van der Waals surface area contributed by atoms with Crippen molar-refractivity contribution in [1.82, 2.24) is 19.9 Å². The van der Waals surface area contributed by atoms with Crippen molar-refractivity contribution in [3.05, 3.63) is 47.7 Å². The number of nitrogens with zero attached hydrogens (tertiary/aromatic N) is 5. The fraction of sp³-hybridized carbons (Fsp3) is 0.385. The van der Waals surface area contributed by atoms with Gasteiger partial charge >= 0.3 is 0 Å². The van der Waals surface area contributed by atoms with Crippen LogP contribution in [-0.4, -0.2) is 53.3 Å². The molecular weight excluding hydrogens is 444 g/mol. The van der Waals surface area contributed by atoms with Crippen LogP contribution in [0.1, 0.15) is 30.1 Å². The van der Waals surface area contributed by atoms with Gasteiger partial charge in [0.1, 0.15) is 11.3 Å². The van der Waals surface area contributed by atoms with Crippen LogP contribution in [0.15, 0.2) is 34.9 Å². The van der Waals surface area contributed by atoms with Gasteiger partial charge in [0.25, 0.3) is 0 Å². The molecule has 4 aromatic rings. The lowest BCUT2D eigenvalue weighted by Crippen LogP contribution is -2.37. The zero-order chi connectivity index (χ0) is 24.5. The van der Waals surface area contributed by atoms with Crippen molar-refractivity contribution in [2.75, 3.05) is 37.5 Å². The number of pyridine rings is 1. The lowest BCUT2D eigenvalue weighted by Gasteiger charge is -2.32. The molecule has 0 radical (unpaired) electrons. The van der Waals surface area contributed by atoms with Crippen LogP contribution in [0.3, 0.4) is 0 Å². The lowest BCUT2D eigenvalue weighted by molar-refractivity contribution is 0.0818. The third-order valence-corrected chi connectivity index (χ3v) is 6.36. The SMILES string of the molecule is COc1cc(-c2oc(C)nc2C)ccc1Nc1ncc2cc(C)nc(N3CCC(OC)CC3)c2n1. The molecule has 3 aromatic heterocycles. The van der Waals surface area contributed by atoms with Crippen molar-refractivity contribution >= 4 is 28.4 Å². The molecule has 35 heavy (non-hydrogen) atoms. The molecule has 1 saturated heterocycles. The zero-order valence-electron chi connectivity index (χ0n) is 20.8. The minimum absolute atomic E-state index is 0.300. The van der Waals surface area contributed by atoms with E-state index in [4.69, 9.17) is 23.9 Å². The van der Waals surface area contributed by atoms with E-state index in [1.54, 1.807) is 14.2 Å². The largest absolute Gasteiger partial charge is 0.495 e. The number of aromatic nitrogens is 4. The highest BCUT2D eigenvalue weighted by Gasteiger charge is 2.22. The zero-order valence-corrected chi connectivity index (χ0v) is 20.8. The van der Waals surface area contributed by atoms with Gasteiger partial charge in [0, 0.05) is 50.0 Å². The van der Waals surface area contributed by atoms with Crippen molar-refractivity contribution in [2.45, 2.75) is 39.7 Å². The first kappa shape index (κ1) is 23.0. The predicted octanol–water partition coefficient (Wildman–Crippen LogP) is 4.97. The van der Waals surface area contributed by atoms with E-state index >= 15 is 0 Å². The molecule has 5 rings (SSSR count). The number of ether oxygens (including phenoxy) is 2. The molecule has 0 aliphatic carbocycles. The Morgan fingerprint density at radius 2 is 1.83 bits per heavy atom. The Morgan fingerprint density at radius 3 is 2.51 bits per heavy atom. The molecule has 9 nitrogen and oxygen atoms in total. The van der Waals surface area contributed by atoms with Gasteiger partial charge in [-0.15, -0.1) is 0 Å². The summed E-state index contributed by atoms with van der Waals surface area (Å²) in [5, 5.41) is 4.28. The van der Waals surface area contributed by atoms with Gasteiger partial charge in [-0.3, -0.25) is 0 Å². The van der Waals surface area contributed by atoms with E-state index in [9.17, 15) is 0 Å². The maximum Gasteiger partial charge on any atom is 0.227 e. The Kier molecular flexibility index (Phi) is 6.25. The highest BCUT2D eigenvalue weighted by atomic mass is 16.5. The fourth-order valence-corrected chi connectivity index (χ4v) is 4.59. The van der Waals surface area contributed by atoms with E-state index < -0.39 is 0 Å². The molecule has 0 amide bonds. The smallest absolute Gasteiger partial charge is 0.227 e. The summed E-state index contributed by atoms with van der Waals surface area (Å²) in [4.78, 5) is 20.9. The van der Waals surface area contributed by atoms with Crippen LogP contribution in [-0.2, 0) is 4.74 Å². The predicted molar refractivity (Wildman–Crippen MR) is 136 cm³/mol. The van der Waals surface area contributed by atoms with Crippen LogP contribution in [0, 0.1) is 20.8 Å². The third kappa shape index (κ3) is 4.64. The number of benzene rings is 1. The number of aryl methyl sites for hydroxylation is 3. The second-order valence-corrected chi connectivity index (χ2v) is 8.83. The molecule has 1 aliphatic heterocycles. The highest BCUT2D eigenvalue weighted by Crippen LogP contribution is 2.34. The Morgan fingerprint density at radius 1 is 1.03 bits per heavy atom. The number of piperidine rings is 1. The maximum atomic E-state index is 5.77. The number of rotatable bonds is 6. The molecule has 1 aliphatic rings. The van der Waals surface area contributed by atoms with E-state index in [1.165, 1.54) is 0 Å². The van der Waals surface area contributed by atoms with Crippen molar-refractivity contribution in [3.8, 4) is 17.1 Å². The average molecular weight is 475 g/mol. The van der Waals surface area contributed by atoms with Gasteiger partial charge in [-0.25, -0.2) is 19.9 Å². The number of anilines is 3. The standard InChI is InChI=1S/C26H30N6O3/c1-15-12-19-14-27-26(31-23(19)25(28-15)32-10-8-20(33-4)9-11-32)30-21-7-6-18(13-22(21)34-5)24-16(2)29-17(3)35-24/h6-7,12-14,20H,8-11H2,1-5H3,(H,27,30,31). The van der Waals surface area contributed by atoms with Crippen molar-refractivity contribution in [1.29, 1.82) is 0 Å². The Labute approximate surface area is 204 Å². The van der Waals surface area contributed by atoms with Crippen LogP contribution in [0.5, 0.6) is 5.75 Å². The lowest BCUT2D eigenvalue weighted by atomic mass is 10.1. The number of nitrogens with one attached hydrogen (secondary N) is 1. The van der Waals surface area contributed by atoms with E-state index in [2.05, 4.69) is 20.2 Å². The Hall–Kier alpha value is -3.72. The van der Waals surface area contributed by atoms with Crippen molar-refractivity contribution in [3.63, 3.8) is 0 Å². The molecule has 1 fully saturated rings. The first-order valence-electron chi connectivity index (χ1n) is 11.8. The molecule has 0 atom stereocenters. The summed E-state index contributed by atoms with van der Waals surface area (Å²) in [7, 11) is 3.42. The third-order valence-electron chi connectivity index (χ3n) is 6.36. The van der Waals surface area contributed by atoms with Crippen LogP contribution in [0.25, 0.3) is 22.2 Å². The van der Waals surface area contributed by atoms with Crippen LogP contribution >= 0.6 is 0 Å². The summed E-state index contributed by atoms with van der Waals surface area (Å²) in [6, 6.07) is 7.84. The Bertz CT molecular complexity index is 1360. The van der Waals surface area contributed by atoms with E-state index in [-0.39, 0.29) is 0 Å². The first-order chi connectivity index (χ1) is 16.9. The summed E-state index contributed by atoms with van der Waals surface area (Å²) in [6.07, 6.45) is 4.08. The molecule has 4 heterocycles. The molecule has 0 bridgehead atoms. The van der Waals surface area contributed by atoms with E-state index in [1.807, 2.05) is 51.2 Å². The van der Waals surface area contributed by atoms with Gasteiger partial charge in [0.2, 0.25) is 5.95 Å². The van der Waals surface area contributed by atoms with E-state index in [0.29, 0.717) is 23.7 Å². The second kappa shape index (κ2) is 9.50. The minimum atomic E-state index is 0.300. The topological polar surface area (TPSA) is 98.4 Å². The van der Waals surface area contributed by atoms with Gasteiger partial charge < -0.3 is 24.1 Å².